The molecule has 0 unspecified atom stereocenters. The van der Waals surface area contributed by atoms with Crippen molar-refractivity contribution in [1.82, 2.24) is 0 Å². The Morgan fingerprint density at radius 3 is 1.35 bits per heavy atom. The third kappa shape index (κ3) is 2.80. The fourth-order valence-corrected chi connectivity index (χ4v) is 5.00. The number of carboxylic acid groups (broad SMARTS) is 1. The zero-order chi connectivity index (χ0) is 13.9. The summed E-state index contributed by atoms with van der Waals surface area (Å²) in [7, 11) is 0. The molecule has 0 aromatic rings. The minimum absolute atomic E-state index is 0.365. The van der Waals surface area contributed by atoms with Crippen molar-refractivity contribution < 1.29 is 9.90 Å². The predicted molar refractivity (Wildman–Crippen MR) is 80.5 cm³/mol. The third-order valence-corrected chi connectivity index (χ3v) is 5.89. The van der Waals surface area contributed by atoms with Crippen LogP contribution >= 0.6 is 0 Å². The summed E-state index contributed by atoms with van der Waals surface area (Å²) in [6.45, 7) is 0. The summed E-state index contributed by atoms with van der Waals surface area (Å²) in [6, 6.07) is 0. The van der Waals surface area contributed by atoms with Crippen molar-refractivity contribution in [3.8, 4) is 0 Å². The van der Waals surface area contributed by atoms with Gasteiger partial charge in [-0.2, -0.15) is 0 Å². The highest BCUT2D eigenvalue weighted by Gasteiger charge is 2.35. The Morgan fingerprint density at radius 2 is 1.00 bits per heavy atom. The average molecular weight is 276 g/mol. The molecule has 0 atom stereocenters. The molecule has 0 heterocycles. The van der Waals surface area contributed by atoms with Crippen LogP contribution < -0.4 is 0 Å². The van der Waals surface area contributed by atoms with E-state index in [1.54, 1.807) is 0 Å². The molecule has 0 amide bonds. The molecule has 112 valence electrons. The van der Waals surface area contributed by atoms with E-state index in [4.69, 9.17) is 0 Å². The second-order valence-corrected chi connectivity index (χ2v) is 7.12. The Labute approximate surface area is 122 Å². The second-order valence-electron chi connectivity index (χ2n) is 7.12. The molecule has 20 heavy (non-hydrogen) atoms. The van der Waals surface area contributed by atoms with E-state index in [0.29, 0.717) is 17.8 Å². The van der Waals surface area contributed by atoms with E-state index in [-0.39, 0.29) is 0 Å². The summed E-state index contributed by atoms with van der Waals surface area (Å²) in [5.41, 5.74) is 2.29. The van der Waals surface area contributed by atoms with Crippen LogP contribution in [0, 0.1) is 17.8 Å². The molecule has 1 N–H and O–H groups in total. The summed E-state index contributed by atoms with van der Waals surface area (Å²) in [5, 5.41) is 9.87. The smallest absolute Gasteiger partial charge is 0.331 e. The summed E-state index contributed by atoms with van der Waals surface area (Å²) in [4.78, 5) is 12.0. The molecule has 0 bridgehead atoms. The molecule has 3 aliphatic rings. The lowest BCUT2D eigenvalue weighted by Crippen LogP contribution is -2.20. The van der Waals surface area contributed by atoms with Gasteiger partial charge in [0, 0.05) is 5.57 Å². The monoisotopic (exact) mass is 276 g/mol. The first-order valence-corrected chi connectivity index (χ1v) is 8.74. The number of hydrogen-bond donors (Lipinski definition) is 1. The van der Waals surface area contributed by atoms with Crippen LogP contribution in [-0.2, 0) is 4.79 Å². The average Bonchev–Trinajstić information content (AvgIpc) is 3.17. The quantitative estimate of drug-likeness (QED) is 0.738. The summed E-state index contributed by atoms with van der Waals surface area (Å²) < 4.78 is 0. The Morgan fingerprint density at radius 1 is 0.650 bits per heavy atom. The van der Waals surface area contributed by atoms with Gasteiger partial charge >= 0.3 is 5.97 Å². The topological polar surface area (TPSA) is 37.3 Å². The number of carbonyl (C=O) groups is 1. The van der Waals surface area contributed by atoms with E-state index in [1.165, 1.54) is 69.8 Å². The molecule has 3 saturated carbocycles. The van der Waals surface area contributed by atoms with Crippen molar-refractivity contribution in [2.75, 3.05) is 0 Å². The fourth-order valence-electron chi connectivity index (χ4n) is 5.00. The van der Waals surface area contributed by atoms with Gasteiger partial charge in [0.25, 0.3) is 0 Å². The molecule has 0 spiro atoms. The number of hydrogen-bond acceptors (Lipinski definition) is 1. The molecule has 0 saturated heterocycles. The number of aliphatic carboxylic acids is 1. The van der Waals surface area contributed by atoms with Crippen molar-refractivity contribution >= 4 is 5.97 Å². The maximum atomic E-state index is 12.0. The highest BCUT2D eigenvalue weighted by atomic mass is 16.4. The van der Waals surface area contributed by atoms with Crippen LogP contribution in [0.15, 0.2) is 11.1 Å². The van der Waals surface area contributed by atoms with Gasteiger partial charge in [-0.1, -0.05) is 44.1 Å². The lowest BCUT2D eigenvalue weighted by molar-refractivity contribution is -0.133. The van der Waals surface area contributed by atoms with E-state index in [1.807, 2.05) is 0 Å². The van der Waals surface area contributed by atoms with Crippen LogP contribution in [0.4, 0.5) is 0 Å². The molecule has 0 radical (unpaired) electrons. The SMILES string of the molecule is O=C(O)C(=C(C1CCCC1)C1CCCC1)C1CCCC1. The minimum atomic E-state index is -0.592. The largest absolute Gasteiger partial charge is 0.478 e. The van der Waals surface area contributed by atoms with Crippen molar-refractivity contribution in [2.24, 2.45) is 17.8 Å². The molecule has 0 aromatic heterocycles. The predicted octanol–water partition coefficient (Wildman–Crippen LogP) is 4.94. The van der Waals surface area contributed by atoms with Gasteiger partial charge in [-0.15, -0.1) is 0 Å². The zero-order valence-corrected chi connectivity index (χ0v) is 12.6. The van der Waals surface area contributed by atoms with Crippen LogP contribution in [0.2, 0.25) is 0 Å². The fraction of sp³-hybridized carbons (Fsp3) is 0.833. The van der Waals surface area contributed by atoms with Gasteiger partial charge in [0.15, 0.2) is 0 Å². The maximum absolute atomic E-state index is 12.0. The van der Waals surface area contributed by atoms with E-state index in [0.717, 1.165) is 18.4 Å². The molecule has 3 fully saturated rings. The van der Waals surface area contributed by atoms with Crippen LogP contribution in [0.3, 0.4) is 0 Å². The standard InChI is InChI=1S/C18H28O2/c19-18(20)17(15-11-5-6-12-15)16(13-7-1-2-8-13)14-9-3-4-10-14/h13-15H,1-12H2,(H,19,20). The first-order chi connectivity index (χ1) is 9.77. The third-order valence-electron chi connectivity index (χ3n) is 5.89. The molecule has 3 aliphatic carbocycles. The van der Waals surface area contributed by atoms with E-state index >= 15 is 0 Å². The van der Waals surface area contributed by atoms with Gasteiger partial charge in [0.05, 0.1) is 0 Å². The first kappa shape index (κ1) is 14.2. The highest BCUT2D eigenvalue weighted by Crippen LogP contribution is 2.46. The van der Waals surface area contributed by atoms with Crippen molar-refractivity contribution in [1.29, 1.82) is 0 Å². The maximum Gasteiger partial charge on any atom is 0.331 e. The zero-order valence-electron chi connectivity index (χ0n) is 12.6. The van der Waals surface area contributed by atoms with Crippen molar-refractivity contribution in [3.63, 3.8) is 0 Å². The normalized spacial score (nSPS) is 25.4. The molecule has 0 aromatic carbocycles. The van der Waals surface area contributed by atoms with Crippen LogP contribution in [0.25, 0.3) is 0 Å². The van der Waals surface area contributed by atoms with Crippen molar-refractivity contribution in [3.05, 3.63) is 11.1 Å². The first-order valence-electron chi connectivity index (χ1n) is 8.74. The number of carboxylic acids is 1. The van der Waals surface area contributed by atoms with Gasteiger partial charge in [-0.05, 0) is 56.3 Å². The molecule has 0 aliphatic heterocycles. The summed E-state index contributed by atoms with van der Waals surface area (Å²) in [5.74, 6) is 0.976. The molecule has 3 rings (SSSR count). The molecular formula is C18H28O2. The van der Waals surface area contributed by atoms with E-state index < -0.39 is 5.97 Å². The summed E-state index contributed by atoms with van der Waals surface area (Å²) in [6.07, 6.45) is 14.9. The van der Waals surface area contributed by atoms with Gasteiger partial charge in [0.1, 0.15) is 0 Å². The van der Waals surface area contributed by atoms with Gasteiger partial charge < -0.3 is 5.11 Å². The number of rotatable bonds is 4. The van der Waals surface area contributed by atoms with Gasteiger partial charge in [-0.25, -0.2) is 4.79 Å². The summed E-state index contributed by atoms with van der Waals surface area (Å²) >= 11 is 0. The van der Waals surface area contributed by atoms with Gasteiger partial charge in [0.2, 0.25) is 0 Å². The molecule has 2 nitrogen and oxygen atoms in total. The number of allylic oxidation sites excluding steroid dienone is 1. The lowest BCUT2D eigenvalue weighted by atomic mass is 9.78. The van der Waals surface area contributed by atoms with Gasteiger partial charge in [-0.3, -0.25) is 0 Å². The van der Waals surface area contributed by atoms with Crippen LogP contribution in [-0.4, -0.2) is 11.1 Å². The minimum Gasteiger partial charge on any atom is -0.478 e. The Balaban J connectivity index is 1.96. The lowest BCUT2D eigenvalue weighted by Gasteiger charge is -2.26. The Bertz CT molecular complexity index is 360. The van der Waals surface area contributed by atoms with E-state index in [2.05, 4.69) is 0 Å². The van der Waals surface area contributed by atoms with E-state index in [9.17, 15) is 9.90 Å². The van der Waals surface area contributed by atoms with Crippen LogP contribution in [0.1, 0.15) is 77.0 Å². The highest BCUT2D eigenvalue weighted by molar-refractivity contribution is 5.88. The van der Waals surface area contributed by atoms with Crippen molar-refractivity contribution in [2.45, 2.75) is 77.0 Å². The Kier molecular flexibility index (Phi) is 4.48. The second kappa shape index (κ2) is 6.32. The van der Waals surface area contributed by atoms with Crippen LogP contribution in [0.5, 0.6) is 0 Å². The molecule has 2 heteroatoms. The Hall–Kier alpha value is -0.790. The molecular weight excluding hydrogens is 248 g/mol.